The number of rotatable bonds is 7. The predicted molar refractivity (Wildman–Crippen MR) is 71.9 cm³/mol. The summed E-state index contributed by atoms with van der Waals surface area (Å²) in [6.07, 6.45) is 1.57. The molecule has 0 radical (unpaired) electrons. The minimum absolute atomic E-state index is 0.245. The van der Waals surface area contributed by atoms with Crippen molar-refractivity contribution in [3.63, 3.8) is 0 Å². The highest BCUT2D eigenvalue weighted by Gasteiger charge is 2.16. The van der Waals surface area contributed by atoms with Gasteiger partial charge in [-0.2, -0.15) is 0 Å². The van der Waals surface area contributed by atoms with Crippen molar-refractivity contribution in [3.8, 4) is 0 Å². The molecule has 1 aromatic rings. The minimum Gasteiger partial charge on any atom is -0.399 e. The summed E-state index contributed by atoms with van der Waals surface area (Å²) in [5.41, 5.74) is 6.74. The SMILES string of the molecule is COCCCCNS(=O)(=O)c1cc(N)ccc1C. The van der Waals surface area contributed by atoms with E-state index in [0.29, 0.717) is 24.4 Å². The van der Waals surface area contributed by atoms with Crippen molar-refractivity contribution in [2.45, 2.75) is 24.7 Å². The van der Waals surface area contributed by atoms with Crippen LogP contribution in [0.1, 0.15) is 18.4 Å². The molecule has 0 unspecified atom stereocenters. The molecule has 1 aromatic carbocycles. The summed E-state index contributed by atoms with van der Waals surface area (Å²) in [6, 6.07) is 4.87. The number of nitrogens with two attached hydrogens (primary N) is 1. The Balaban J connectivity index is 2.66. The number of anilines is 1. The molecule has 0 aromatic heterocycles. The van der Waals surface area contributed by atoms with E-state index in [1.165, 1.54) is 6.07 Å². The molecule has 0 fully saturated rings. The molecule has 0 atom stereocenters. The molecule has 0 saturated carbocycles. The van der Waals surface area contributed by atoms with Gasteiger partial charge in [0.25, 0.3) is 0 Å². The molecule has 0 bridgehead atoms. The Morgan fingerprint density at radius 3 is 2.72 bits per heavy atom. The number of nitrogen functional groups attached to an aromatic ring is 1. The average Bonchev–Trinajstić information content (AvgIpc) is 2.32. The zero-order valence-corrected chi connectivity index (χ0v) is 11.6. The Morgan fingerprint density at radius 1 is 1.33 bits per heavy atom. The van der Waals surface area contributed by atoms with E-state index in [1.54, 1.807) is 26.2 Å². The van der Waals surface area contributed by atoms with Crippen LogP contribution in [0.25, 0.3) is 0 Å². The molecule has 0 heterocycles. The lowest BCUT2D eigenvalue weighted by Crippen LogP contribution is -2.25. The molecule has 3 N–H and O–H groups in total. The second-order valence-corrected chi connectivity index (χ2v) is 5.86. The van der Waals surface area contributed by atoms with Crippen LogP contribution in [0.2, 0.25) is 0 Å². The lowest BCUT2D eigenvalue weighted by molar-refractivity contribution is 0.193. The monoisotopic (exact) mass is 272 g/mol. The molecule has 0 aliphatic carbocycles. The molecule has 0 aliphatic rings. The molecule has 0 aliphatic heterocycles. The molecule has 0 amide bonds. The third kappa shape index (κ3) is 4.29. The molecule has 0 saturated heterocycles. The van der Waals surface area contributed by atoms with Crippen LogP contribution in [0, 0.1) is 6.92 Å². The molecule has 0 spiro atoms. The molecular weight excluding hydrogens is 252 g/mol. The summed E-state index contributed by atoms with van der Waals surface area (Å²) in [5, 5.41) is 0. The Hall–Kier alpha value is -1.11. The van der Waals surface area contributed by atoms with Crippen molar-refractivity contribution in [2.24, 2.45) is 0 Å². The van der Waals surface area contributed by atoms with Crippen LogP contribution >= 0.6 is 0 Å². The van der Waals surface area contributed by atoms with Gasteiger partial charge < -0.3 is 10.5 Å². The molecule has 18 heavy (non-hydrogen) atoms. The van der Waals surface area contributed by atoms with Crippen LogP contribution < -0.4 is 10.5 Å². The van der Waals surface area contributed by atoms with Crippen molar-refractivity contribution >= 4 is 15.7 Å². The minimum atomic E-state index is -3.47. The van der Waals surface area contributed by atoms with E-state index in [4.69, 9.17) is 10.5 Å². The lowest BCUT2D eigenvalue weighted by Gasteiger charge is -2.09. The number of aryl methyl sites for hydroxylation is 1. The highest BCUT2D eigenvalue weighted by atomic mass is 32.2. The van der Waals surface area contributed by atoms with Gasteiger partial charge in [0.1, 0.15) is 0 Å². The van der Waals surface area contributed by atoms with Gasteiger partial charge in [-0.1, -0.05) is 6.07 Å². The van der Waals surface area contributed by atoms with Gasteiger partial charge in [-0.15, -0.1) is 0 Å². The van der Waals surface area contributed by atoms with E-state index in [9.17, 15) is 8.42 Å². The Kier molecular flexibility index (Phi) is 5.58. The maximum atomic E-state index is 12.0. The van der Waals surface area contributed by atoms with Gasteiger partial charge >= 0.3 is 0 Å². The largest absolute Gasteiger partial charge is 0.399 e. The van der Waals surface area contributed by atoms with Crippen molar-refractivity contribution in [1.82, 2.24) is 4.72 Å². The highest BCUT2D eigenvalue weighted by Crippen LogP contribution is 2.17. The lowest BCUT2D eigenvalue weighted by atomic mass is 10.2. The van der Waals surface area contributed by atoms with Gasteiger partial charge in [0, 0.05) is 25.9 Å². The number of sulfonamides is 1. The first-order chi connectivity index (χ1) is 8.47. The number of benzene rings is 1. The summed E-state index contributed by atoms with van der Waals surface area (Å²) in [4.78, 5) is 0.245. The third-order valence-electron chi connectivity index (χ3n) is 2.57. The van der Waals surface area contributed by atoms with Crippen LogP contribution in [0.3, 0.4) is 0 Å². The van der Waals surface area contributed by atoms with Gasteiger partial charge in [-0.25, -0.2) is 13.1 Å². The summed E-state index contributed by atoms with van der Waals surface area (Å²) in [5.74, 6) is 0. The summed E-state index contributed by atoms with van der Waals surface area (Å²) >= 11 is 0. The maximum absolute atomic E-state index is 12.0. The summed E-state index contributed by atoms with van der Waals surface area (Å²) < 4.78 is 31.5. The number of hydrogen-bond acceptors (Lipinski definition) is 4. The molecule has 5 nitrogen and oxygen atoms in total. The first-order valence-corrected chi connectivity index (χ1v) is 7.30. The van der Waals surface area contributed by atoms with E-state index >= 15 is 0 Å². The van der Waals surface area contributed by atoms with Crippen molar-refractivity contribution in [2.75, 3.05) is 26.0 Å². The van der Waals surface area contributed by atoms with Gasteiger partial charge in [0.05, 0.1) is 4.90 Å². The fraction of sp³-hybridized carbons (Fsp3) is 0.500. The second kappa shape index (κ2) is 6.72. The Bertz CT molecular complexity index is 486. The maximum Gasteiger partial charge on any atom is 0.240 e. The second-order valence-electron chi connectivity index (χ2n) is 4.12. The van der Waals surface area contributed by atoms with Crippen molar-refractivity contribution < 1.29 is 13.2 Å². The van der Waals surface area contributed by atoms with Gasteiger partial charge in [0.2, 0.25) is 10.0 Å². The van der Waals surface area contributed by atoms with E-state index in [0.717, 1.165) is 12.8 Å². The molecular formula is C12H20N2O3S. The first-order valence-electron chi connectivity index (χ1n) is 5.82. The number of ether oxygens (including phenoxy) is 1. The standard InChI is InChI=1S/C12H20N2O3S/c1-10-5-6-11(13)9-12(10)18(15,16)14-7-3-4-8-17-2/h5-6,9,14H,3-4,7-8,13H2,1-2H3. The van der Waals surface area contributed by atoms with Crippen LogP contribution in [0.15, 0.2) is 23.1 Å². The average molecular weight is 272 g/mol. The summed E-state index contributed by atoms with van der Waals surface area (Å²) in [7, 11) is -1.85. The quantitative estimate of drug-likeness (QED) is 0.579. The third-order valence-corrected chi connectivity index (χ3v) is 4.17. The van der Waals surface area contributed by atoms with Crippen molar-refractivity contribution in [1.29, 1.82) is 0 Å². The van der Waals surface area contributed by atoms with Gasteiger partial charge in [-0.3, -0.25) is 0 Å². The van der Waals surface area contributed by atoms with Gasteiger partial charge in [-0.05, 0) is 37.5 Å². The fourth-order valence-electron chi connectivity index (χ4n) is 1.56. The van der Waals surface area contributed by atoms with Crippen LogP contribution in [0.5, 0.6) is 0 Å². The van der Waals surface area contributed by atoms with Gasteiger partial charge in [0.15, 0.2) is 0 Å². The normalized spacial score (nSPS) is 11.7. The van der Waals surface area contributed by atoms with Crippen molar-refractivity contribution in [3.05, 3.63) is 23.8 Å². The molecule has 1 rings (SSSR count). The van der Waals surface area contributed by atoms with E-state index < -0.39 is 10.0 Å². The Morgan fingerprint density at radius 2 is 2.06 bits per heavy atom. The number of methoxy groups -OCH3 is 1. The topological polar surface area (TPSA) is 81.4 Å². The predicted octanol–water partition coefficient (Wildman–Crippen LogP) is 1.28. The first kappa shape index (κ1) is 14.9. The number of hydrogen-bond donors (Lipinski definition) is 2. The van der Waals surface area contributed by atoms with E-state index in [-0.39, 0.29) is 4.90 Å². The Labute approximate surface area is 108 Å². The summed E-state index contributed by atoms with van der Waals surface area (Å²) in [6.45, 7) is 2.79. The molecule has 6 heteroatoms. The fourth-order valence-corrected chi connectivity index (χ4v) is 2.91. The van der Waals surface area contributed by atoms with Crippen LogP contribution in [-0.2, 0) is 14.8 Å². The highest BCUT2D eigenvalue weighted by molar-refractivity contribution is 7.89. The number of unbranched alkanes of at least 4 members (excludes halogenated alkanes) is 1. The van der Waals surface area contributed by atoms with E-state index in [1.807, 2.05) is 0 Å². The number of nitrogens with one attached hydrogen (secondary N) is 1. The smallest absolute Gasteiger partial charge is 0.240 e. The van der Waals surface area contributed by atoms with E-state index in [2.05, 4.69) is 4.72 Å². The zero-order chi connectivity index (χ0) is 13.6. The van der Waals surface area contributed by atoms with Crippen LogP contribution in [-0.4, -0.2) is 28.7 Å². The van der Waals surface area contributed by atoms with Crippen LogP contribution in [0.4, 0.5) is 5.69 Å². The molecule has 102 valence electrons. The zero-order valence-electron chi connectivity index (χ0n) is 10.8.